The van der Waals surface area contributed by atoms with Crippen molar-refractivity contribution in [2.24, 2.45) is 5.14 Å². The number of hydrogen-bond donors (Lipinski definition) is 2. The van der Waals surface area contributed by atoms with Gasteiger partial charge in [-0.25, -0.2) is 13.6 Å². The number of primary sulfonamides is 1. The van der Waals surface area contributed by atoms with Crippen molar-refractivity contribution in [3.63, 3.8) is 0 Å². The number of carbonyl (C=O) groups excluding carboxylic acids is 1. The van der Waals surface area contributed by atoms with Gasteiger partial charge in [0.1, 0.15) is 5.56 Å². The van der Waals surface area contributed by atoms with E-state index >= 15 is 0 Å². The molecule has 0 bridgehead atoms. The van der Waals surface area contributed by atoms with Gasteiger partial charge in [0.25, 0.3) is 11.5 Å². The van der Waals surface area contributed by atoms with Crippen LogP contribution in [0.2, 0.25) is 0 Å². The van der Waals surface area contributed by atoms with Crippen molar-refractivity contribution in [2.75, 3.05) is 5.32 Å². The quantitative estimate of drug-likeness (QED) is 0.700. The Kier molecular flexibility index (Phi) is 5.20. The van der Waals surface area contributed by atoms with Gasteiger partial charge in [-0.15, -0.1) is 0 Å². The van der Waals surface area contributed by atoms with Crippen LogP contribution >= 0.6 is 0 Å². The Morgan fingerprint density at radius 2 is 1.63 bits per heavy atom. The van der Waals surface area contributed by atoms with Gasteiger partial charge in [0, 0.05) is 11.9 Å². The third kappa shape index (κ3) is 4.49. The lowest BCUT2D eigenvalue weighted by molar-refractivity contribution is 0.102. The Bertz CT molecular complexity index is 1120. The summed E-state index contributed by atoms with van der Waals surface area (Å²) in [4.78, 5) is 25.0. The lowest BCUT2D eigenvalue weighted by atomic mass is 10.2. The second kappa shape index (κ2) is 7.56. The summed E-state index contributed by atoms with van der Waals surface area (Å²) in [6.45, 7) is 0.351. The Hall–Kier alpha value is -3.23. The Morgan fingerprint density at radius 3 is 2.26 bits per heavy atom. The molecule has 0 saturated heterocycles. The van der Waals surface area contributed by atoms with Crippen LogP contribution in [0.25, 0.3) is 0 Å². The molecule has 1 amide bonds. The van der Waals surface area contributed by atoms with Crippen LogP contribution in [0.3, 0.4) is 0 Å². The zero-order chi connectivity index (χ0) is 19.4. The first-order chi connectivity index (χ1) is 12.8. The number of pyridine rings is 1. The summed E-state index contributed by atoms with van der Waals surface area (Å²) >= 11 is 0. The molecule has 7 nitrogen and oxygen atoms in total. The van der Waals surface area contributed by atoms with Gasteiger partial charge in [0.05, 0.1) is 11.4 Å². The van der Waals surface area contributed by atoms with E-state index in [9.17, 15) is 18.0 Å². The highest BCUT2D eigenvalue weighted by atomic mass is 32.2. The second-order valence-corrected chi connectivity index (χ2v) is 7.43. The summed E-state index contributed by atoms with van der Waals surface area (Å²) in [7, 11) is -3.81. The molecule has 0 radical (unpaired) electrons. The Balaban J connectivity index is 1.81. The second-order valence-electron chi connectivity index (χ2n) is 5.86. The zero-order valence-corrected chi connectivity index (χ0v) is 15.0. The van der Waals surface area contributed by atoms with Crippen molar-refractivity contribution in [3.05, 3.63) is 94.4 Å². The number of sulfonamides is 1. The maximum absolute atomic E-state index is 12.6. The predicted molar refractivity (Wildman–Crippen MR) is 102 cm³/mol. The normalized spacial score (nSPS) is 11.1. The number of hydrogen-bond acceptors (Lipinski definition) is 4. The standard InChI is InChI=1S/C19H17N3O4S/c20-27(25,26)16-10-8-15(9-11-16)21-18(23)17-7-4-12-22(19(17)24)13-14-5-2-1-3-6-14/h1-12H,13H2,(H,21,23)(H2,20,25,26). The highest BCUT2D eigenvalue weighted by Crippen LogP contribution is 2.13. The number of nitrogens with zero attached hydrogens (tertiary/aromatic N) is 1. The van der Waals surface area contributed by atoms with Crippen LogP contribution in [0.15, 0.2) is 82.6 Å². The highest BCUT2D eigenvalue weighted by molar-refractivity contribution is 7.89. The number of nitrogens with two attached hydrogens (primary N) is 1. The molecule has 0 unspecified atom stereocenters. The number of amides is 1. The molecular formula is C19H17N3O4S. The minimum Gasteiger partial charge on any atom is -0.322 e. The van der Waals surface area contributed by atoms with Gasteiger partial charge in [-0.1, -0.05) is 30.3 Å². The predicted octanol–water partition coefficient (Wildman–Crippen LogP) is 1.80. The molecule has 0 fully saturated rings. The summed E-state index contributed by atoms with van der Waals surface area (Å²) in [5, 5.41) is 7.62. The van der Waals surface area contributed by atoms with E-state index in [4.69, 9.17) is 5.14 Å². The molecule has 0 aliphatic rings. The van der Waals surface area contributed by atoms with Crippen molar-refractivity contribution in [2.45, 2.75) is 11.4 Å². The fraction of sp³-hybridized carbons (Fsp3) is 0.0526. The SMILES string of the molecule is NS(=O)(=O)c1ccc(NC(=O)c2cccn(Cc3ccccc3)c2=O)cc1. The van der Waals surface area contributed by atoms with E-state index in [1.54, 1.807) is 12.3 Å². The fourth-order valence-electron chi connectivity index (χ4n) is 2.54. The summed E-state index contributed by atoms with van der Waals surface area (Å²) in [5.41, 5.74) is 0.866. The molecule has 0 spiro atoms. The van der Waals surface area contributed by atoms with Gasteiger partial charge < -0.3 is 9.88 Å². The number of carbonyl (C=O) groups is 1. The van der Waals surface area contributed by atoms with E-state index in [2.05, 4.69) is 5.32 Å². The third-order valence-corrected chi connectivity index (χ3v) is 4.83. The van der Waals surface area contributed by atoms with Crippen LogP contribution in [0, 0.1) is 0 Å². The summed E-state index contributed by atoms with van der Waals surface area (Å²) in [5.74, 6) is -0.578. The Morgan fingerprint density at radius 1 is 0.963 bits per heavy atom. The first-order valence-electron chi connectivity index (χ1n) is 8.02. The molecular weight excluding hydrogens is 366 g/mol. The first-order valence-corrected chi connectivity index (χ1v) is 9.57. The molecule has 3 aromatic rings. The third-order valence-electron chi connectivity index (χ3n) is 3.90. The monoisotopic (exact) mass is 383 g/mol. The van der Waals surface area contributed by atoms with Gasteiger partial charge in [-0.3, -0.25) is 9.59 Å². The van der Waals surface area contributed by atoms with Gasteiger partial charge >= 0.3 is 0 Å². The lowest BCUT2D eigenvalue weighted by Crippen LogP contribution is -2.29. The highest BCUT2D eigenvalue weighted by Gasteiger charge is 2.13. The molecule has 1 aromatic heterocycles. The molecule has 0 aliphatic heterocycles. The fourth-order valence-corrected chi connectivity index (χ4v) is 3.06. The molecule has 1 heterocycles. The average molecular weight is 383 g/mol. The van der Waals surface area contributed by atoms with Gasteiger partial charge in [-0.05, 0) is 42.0 Å². The van der Waals surface area contributed by atoms with E-state index in [0.29, 0.717) is 12.2 Å². The summed E-state index contributed by atoms with van der Waals surface area (Å²) in [6.07, 6.45) is 1.62. The lowest BCUT2D eigenvalue weighted by Gasteiger charge is -2.09. The molecule has 0 saturated carbocycles. The Labute approximate surface area is 156 Å². The van der Waals surface area contributed by atoms with Crippen LogP contribution in [-0.4, -0.2) is 18.9 Å². The number of benzene rings is 2. The van der Waals surface area contributed by atoms with Crippen molar-refractivity contribution in [1.82, 2.24) is 4.57 Å². The largest absolute Gasteiger partial charge is 0.322 e. The average Bonchev–Trinajstić information content (AvgIpc) is 2.64. The van der Waals surface area contributed by atoms with Crippen molar-refractivity contribution >= 4 is 21.6 Å². The number of anilines is 1. The van der Waals surface area contributed by atoms with Gasteiger partial charge in [0.15, 0.2) is 0 Å². The van der Waals surface area contributed by atoms with Crippen LogP contribution in [0.4, 0.5) is 5.69 Å². The van der Waals surface area contributed by atoms with Crippen LogP contribution < -0.4 is 16.0 Å². The maximum atomic E-state index is 12.6. The molecule has 138 valence electrons. The van der Waals surface area contributed by atoms with Gasteiger partial charge in [0.2, 0.25) is 10.0 Å². The van der Waals surface area contributed by atoms with Crippen LogP contribution in [-0.2, 0) is 16.6 Å². The minimum atomic E-state index is -3.81. The molecule has 0 aliphatic carbocycles. The molecule has 8 heteroatoms. The molecule has 27 heavy (non-hydrogen) atoms. The zero-order valence-electron chi connectivity index (χ0n) is 14.2. The van der Waals surface area contributed by atoms with E-state index in [1.165, 1.54) is 34.9 Å². The van der Waals surface area contributed by atoms with E-state index < -0.39 is 21.5 Å². The van der Waals surface area contributed by atoms with E-state index in [0.717, 1.165) is 5.56 Å². The van der Waals surface area contributed by atoms with Crippen molar-refractivity contribution < 1.29 is 13.2 Å². The minimum absolute atomic E-state index is 0.0102. The summed E-state index contributed by atoms with van der Waals surface area (Å²) in [6, 6.07) is 17.9. The molecule has 3 N–H and O–H groups in total. The topological polar surface area (TPSA) is 111 Å². The first kappa shape index (κ1) is 18.6. The number of nitrogens with one attached hydrogen (secondary N) is 1. The van der Waals surface area contributed by atoms with Gasteiger partial charge in [-0.2, -0.15) is 0 Å². The maximum Gasteiger partial charge on any atom is 0.263 e. The van der Waals surface area contributed by atoms with E-state index in [1.807, 2.05) is 30.3 Å². The number of rotatable bonds is 5. The van der Waals surface area contributed by atoms with Crippen molar-refractivity contribution in [3.8, 4) is 0 Å². The number of aromatic nitrogens is 1. The smallest absolute Gasteiger partial charge is 0.263 e. The van der Waals surface area contributed by atoms with Crippen LogP contribution in [0.5, 0.6) is 0 Å². The van der Waals surface area contributed by atoms with Crippen molar-refractivity contribution in [1.29, 1.82) is 0 Å². The molecule has 0 atom stereocenters. The van der Waals surface area contributed by atoms with Crippen LogP contribution in [0.1, 0.15) is 15.9 Å². The molecule has 2 aromatic carbocycles. The van der Waals surface area contributed by atoms with E-state index in [-0.39, 0.29) is 10.5 Å². The molecule has 3 rings (SSSR count). The summed E-state index contributed by atoms with van der Waals surface area (Å²) < 4.78 is 24.0.